The van der Waals surface area contributed by atoms with Crippen LogP contribution in [0.15, 0.2) is 23.0 Å². The summed E-state index contributed by atoms with van der Waals surface area (Å²) < 4.78 is 10.7. The zero-order valence-electron chi connectivity index (χ0n) is 10.7. The lowest BCUT2D eigenvalue weighted by molar-refractivity contribution is 0.212. The molecule has 0 aliphatic rings. The lowest BCUT2D eigenvalue weighted by atomic mass is 10.3. The molecule has 0 heterocycles. The number of allylic oxidation sites excluding steroid dienone is 1. The summed E-state index contributed by atoms with van der Waals surface area (Å²) in [5.74, 6) is 0. The van der Waals surface area contributed by atoms with Crippen LogP contribution in [-0.2, 0) is 9.05 Å². The molecule has 0 bridgehead atoms. The van der Waals surface area contributed by atoms with Crippen LogP contribution in [0.2, 0.25) is 6.04 Å². The standard InChI is InChI=1S/C11H22N2O2Si/c1-6-9-16(14-12-10(4)7-2)15-13-11(5)8-3/h6,16H,1,7-9H2,2-5H3/b12-10-,13-11-. The van der Waals surface area contributed by atoms with Gasteiger partial charge in [0.2, 0.25) is 0 Å². The second kappa shape index (κ2) is 9.15. The lowest BCUT2D eigenvalue weighted by Gasteiger charge is -2.10. The Bertz CT molecular complexity index is 243. The van der Waals surface area contributed by atoms with Crippen LogP contribution in [0.3, 0.4) is 0 Å². The van der Waals surface area contributed by atoms with Crippen molar-refractivity contribution >= 4 is 20.7 Å². The van der Waals surface area contributed by atoms with Gasteiger partial charge in [0.15, 0.2) is 0 Å². The SMILES string of the molecule is C=CC[SiH](O/N=C(/C)CC)O/N=C(/C)CC. The van der Waals surface area contributed by atoms with E-state index in [2.05, 4.69) is 16.9 Å². The van der Waals surface area contributed by atoms with Gasteiger partial charge in [0.05, 0.1) is 11.4 Å². The molecule has 0 atom stereocenters. The van der Waals surface area contributed by atoms with Crippen molar-refractivity contribution in [2.75, 3.05) is 0 Å². The maximum Gasteiger partial charge on any atom is 0.498 e. The van der Waals surface area contributed by atoms with E-state index in [1.54, 1.807) is 6.08 Å². The Morgan fingerprint density at radius 1 is 1.12 bits per heavy atom. The van der Waals surface area contributed by atoms with Gasteiger partial charge in [0, 0.05) is 6.04 Å². The first-order chi connectivity index (χ1) is 7.63. The zero-order chi connectivity index (χ0) is 12.4. The first-order valence-corrected chi connectivity index (χ1v) is 7.39. The van der Waals surface area contributed by atoms with Crippen molar-refractivity contribution in [3.8, 4) is 0 Å². The van der Waals surface area contributed by atoms with Crippen molar-refractivity contribution in [2.24, 2.45) is 10.3 Å². The highest BCUT2D eigenvalue weighted by molar-refractivity contribution is 6.44. The Hall–Kier alpha value is -1.10. The van der Waals surface area contributed by atoms with E-state index in [1.165, 1.54) is 0 Å². The molecular formula is C11H22N2O2Si. The molecule has 0 radical (unpaired) electrons. The van der Waals surface area contributed by atoms with E-state index < -0.39 is 9.28 Å². The molecule has 0 amide bonds. The van der Waals surface area contributed by atoms with E-state index in [1.807, 2.05) is 27.7 Å². The van der Waals surface area contributed by atoms with E-state index in [-0.39, 0.29) is 0 Å². The fourth-order valence-corrected chi connectivity index (χ4v) is 1.75. The molecule has 0 aromatic heterocycles. The van der Waals surface area contributed by atoms with E-state index in [9.17, 15) is 0 Å². The van der Waals surface area contributed by atoms with Crippen molar-refractivity contribution < 1.29 is 9.05 Å². The van der Waals surface area contributed by atoms with Gasteiger partial charge in [-0.05, 0) is 26.7 Å². The largest absolute Gasteiger partial charge is 0.498 e. The molecule has 92 valence electrons. The van der Waals surface area contributed by atoms with Gasteiger partial charge in [-0.3, -0.25) is 0 Å². The molecule has 0 unspecified atom stereocenters. The van der Waals surface area contributed by atoms with E-state index in [4.69, 9.17) is 9.05 Å². The molecule has 0 rings (SSSR count). The Kier molecular flexibility index (Phi) is 8.52. The minimum Gasteiger partial charge on any atom is -0.410 e. The molecule has 0 saturated carbocycles. The highest BCUT2D eigenvalue weighted by atomic mass is 28.3. The Morgan fingerprint density at radius 3 is 1.88 bits per heavy atom. The number of hydrogen-bond donors (Lipinski definition) is 0. The molecule has 0 aromatic carbocycles. The van der Waals surface area contributed by atoms with Crippen molar-refractivity contribution in [3.05, 3.63) is 12.7 Å². The second-order valence-electron chi connectivity index (χ2n) is 3.52. The minimum absolute atomic E-state index is 0.695. The summed E-state index contributed by atoms with van der Waals surface area (Å²) in [4.78, 5) is 0. The topological polar surface area (TPSA) is 43.2 Å². The van der Waals surface area contributed by atoms with Crippen molar-refractivity contribution in [1.82, 2.24) is 0 Å². The van der Waals surface area contributed by atoms with Crippen LogP contribution in [0.4, 0.5) is 0 Å². The highest BCUT2D eigenvalue weighted by Gasteiger charge is 2.14. The third-order valence-corrected chi connectivity index (χ3v) is 3.43. The van der Waals surface area contributed by atoms with Gasteiger partial charge in [-0.1, -0.05) is 19.9 Å². The molecule has 4 nitrogen and oxygen atoms in total. The summed E-state index contributed by atoms with van der Waals surface area (Å²) in [6, 6.07) is 0.695. The maximum atomic E-state index is 5.36. The highest BCUT2D eigenvalue weighted by Crippen LogP contribution is 2.01. The predicted octanol–water partition coefficient (Wildman–Crippen LogP) is 3.00. The third-order valence-electron chi connectivity index (χ3n) is 2.03. The summed E-state index contributed by atoms with van der Waals surface area (Å²) in [7, 11) is -1.87. The molecule has 5 heteroatoms. The average molecular weight is 242 g/mol. The van der Waals surface area contributed by atoms with Gasteiger partial charge in [-0.15, -0.1) is 16.9 Å². The summed E-state index contributed by atoms with van der Waals surface area (Å²) in [6.45, 7) is 11.6. The Morgan fingerprint density at radius 2 is 1.56 bits per heavy atom. The average Bonchev–Trinajstić information content (AvgIpc) is 2.31. The summed E-state index contributed by atoms with van der Waals surface area (Å²) in [5.41, 5.74) is 1.92. The van der Waals surface area contributed by atoms with E-state index in [0.717, 1.165) is 24.3 Å². The predicted molar refractivity (Wildman–Crippen MR) is 71.1 cm³/mol. The van der Waals surface area contributed by atoms with Crippen LogP contribution in [-0.4, -0.2) is 20.7 Å². The minimum atomic E-state index is -1.87. The van der Waals surface area contributed by atoms with E-state index >= 15 is 0 Å². The summed E-state index contributed by atoms with van der Waals surface area (Å²) in [6.07, 6.45) is 3.55. The molecule has 0 aromatic rings. The first kappa shape index (κ1) is 14.9. The van der Waals surface area contributed by atoms with Gasteiger partial charge in [0.25, 0.3) is 0 Å². The van der Waals surface area contributed by atoms with Crippen LogP contribution < -0.4 is 0 Å². The van der Waals surface area contributed by atoms with Crippen LogP contribution in [0.25, 0.3) is 0 Å². The number of oxime groups is 2. The van der Waals surface area contributed by atoms with Crippen LogP contribution >= 0.6 is 0 Å². The van der Waals surface area contributed by atoms with Crippen molar-refractivity contribution in [2.45, 2.75) is 46.6 Å². The van der Waals surface area contributed by atoms with Crippen molar-refractivity contribution in [1.29, 1.82) is 0 Å². The normalized spacial score (nSPS) is 12.8. The molecule has 0 aliphatic heterocycles. The zero-order valence-corrected chi connectivity index (χ0v) is 11.8. The van der Waals surface area contributed by atoms with Crippen LogP contribution in [0.1, 0.15) is 40.5 Å². The number of rotatable bonds is 8. The third kappa shape index (κ3) is 7.22. The van der Waals surface area contributed by atoms with Gasteiger partial charge in [-0.25, -0.2) is 0 Å². The second-order valence-corrected chi connectivity index (χ2v) is 5.28. The number of nitrogens with zero attached hydrogens (tertiary/aromatic N) is 2. The molecule has 0 spiro atoms. The fourth-order valence-electron chi connectivity index (χ4n) is 0.668. The molecule has 0 N–H and O–H groups in total. The van der Waals surface area contributed by atoms with Gasteiger partial charge in [-0.2, -0.15) is 0 Å². The Balaban J connectivity index is 4.22. The summed E-state index contributed by atoms with van der Waals surface area (Å²) in [5, 5.41) is 8.00. The van der Waals surface area contributed by atoms with E-state index in [0.29, 0.717) is 6.04 Å². The van der Waals surface area contributed by atoms with Crippen LogP contribution in [0, 0.1) is 0 Å². The first-order valence-electron chi connectivity index (χ1n) is 5.63. The number of hydrogen-bond acceptors (Lipinski definition) is 4. The van der Waals surface area contributed by atoms with Crippen LogP contribution in [0.5, 0.6) is 0 Å². The fraction of sp³-hybridized carbons (Fsp3) is 0.636. The lowest BCUT2D eigenvalue weighted by Crippen LogP contribution is -2.18. The van der Waals surface area contributed by atoms with Gasteiger partial charge >= 0.3 is 9.28 Å². The molecule has 16 heavy (non-hydrogen) atoms. The van der Waals surface area contributed by atoms with Crippen molar-refractivity contribution in [3.63, 3.8) is 0 Å². The molecule has 0 aliphatic carbocycles. The smallest absolute Gasteiger partial charge is 0.410 e. The molecule has 0 saturated heterocycles. The summed E-state index contributed by atoms with van der Waals surface area (Å²) >= 11 is 0. The Labute approximate surface area is 99.8 Å². The monoisotopic (exact) mass is 242 g/mol. The molecule has 0 fully saturated rings. The maximum absolute atomic E-state index is 5.36. The van der Waals surface area contributed by atoms with Gasteiger partial charge in [0.1, 0.15) is 0 Å². The van der Waals surface area contributed by atoms with Gasteiger partial charge < -0.3 is 9.05 Å². The molecular weight excluding hydrogens is 220 g/mol. The quantitative estimate of drug-likeness (QED) is 0.284.